The van der Waals surface area contributed by atoms with Crippen molar-refractivity contribution in [2.24, 2.45) is 11.1 Å². The van der Waals surface area contributed by atoms with E-state index in [1.165, 1.54) is 0 Å². The Morgan fingerprint density at radius 1 is 1.20 bits per heavy atom. The Morgan fingerprint density at radius 2 is 1.67 bits per heavy atom. The highest BCUT2D eigenvalue weighted by Crippen LogP contribution is 2.44. The van der Waals surface area contributed by atoms with Crippen molar-refractivity contribution in [3.05, 3.63) is 0 Å². The smallest absolute Gasteiger partial charge is 0.390 e. The van der Waals surface area contributed by atoms with E-state index >= 15 is 0 Å². The lowest BCUT2D eigenvalue weighted by atomic mass is 9.99. The number of hydrogen-bond acceptors (Lipinski definition) is 2. The summed E-state index contributed by atoms with van der Waals surface area (Å²) in [6.45, 7) is 0. The topological polar surface area (TPSA) is 21.6 Å². The summed E-state index contributed by atoms with van der Waals surface area (Å²) in [5.41, 5.74) is 0. The highest BCUT2D eigenvalue weighted by Gasteiger charge is 2.62. The molecule has 0 aromatic rings. The molecule has 2 nitrogen and oxygen atoms in total. The van der Waals surface area contributed by atoms with E-state index in [0.29, 0.717) is 0 Å². The van der Waals surface area contributed by atoms with Crippen LogP contribution >= 0.6 is 15.9 Å². The van der Waals surface area contributed by atoms with Gasteiger partial charge in [-0.2, -0.15) is 26.3 Å². The predicted molar refractivity (Wildman–Crippen MR) is 41.5 cm³/mol. The SMILES string of the molecule is FC(F)(F)C(C1CC(Br)=NO1)C(F)(F)F. The van der Waals surface area contributed by atoms with Crippen molar-refractivity contribution in [2.45, 2.75) is 24.9 Å². The summed E-state index contributed by atoms with van der Waals surface area (Å²) in [6, 6.07) is 0. The van der Waals surface area contributed by atoms with Crippen molar-refractivity contribution >= 4 is 20.6 Å². The van der Waals surface area contributed by atoms with E-state index in [2.05, 4.69) is 25.9 Å². The second kappa shape index (κ2) is 3.84. The van der Waals surface area contributed by atoms with Crippen molar-refractivity contribution in [3.63, 3.8) is 0 Å². The minimum absolute atomic E-state index is 0.0639. The van der Waals surface area contributed by atoms with Crippen molar-refractivity contribution in [1.29, 1.82) is 0 Å². The van der Waals surface area contributed by atoms with Crippen molar-refractivity contribution in [1.82, 2.24) is 0 Å². The van der Waals surface area contributed by atoms with Gasteiger partial charge in [-0.25, -0.2) is 0 Å². The fourth-order valence-electron chi connectivity index (χ4n) is 1.15. The second-order valence-electron chi connectivity index (χ2n) is 2.88. The maximum absolute atomic E-state index is 12.1. The fourth-order valence-corrected chi connectivity index (χ4v) is 1.55. The Bertz CT molecular complexity index is 258. The lowest BCUT2D eigenvalue weighted by Gasteiger charge is -2.26. The molecule has 0 bridgehead atoms. The van der Waals surface area contributed by atoms with Gasteiger partial charge in [0.2, 0.25) is 0 Å². The van der Waals surface area contributed by atoms with Crippen LogP contribution in [0.15, 0.2) is 5.16 Å². The van der Waals surface area contributed by atoms with Crippen LogP contribution in [0.25, 0.3) is 0 Å². The molecule has 1 unspecified atom stereocenters. The van der Waals surface area contributed by atoms with E-state index in [-0.39, 0.29) is 4.62 Å². The minimum Gasteiger partial charge on any atom is -0.390 e. The average Bonchev–Trinajstić information content (AvgIpc) is 2.28. The number of alkyl halides is 6. The van der Waals surface area contributed by atoms with Crippen LogP contribution in [0.1, 0.15) is 6.42 Å². The molecule has 1 aliphatic heterocycles. The first kappa shape index (κ1) is 12.6. The van der Waals surface area contributed by atoms with Crippen LogP contribution in [0.4, 0.5) is 26.3 Å². The minimum atomic E-state index is -5.39. The van der Waals surface area contributed by atoms with Crippen LogP contribution in [0.3, 0.4) is 0 Å². The van der Waals surface area contributed by atoms with Crippen molar-refractivity contribution in [3.8, 4) is 0 Å². The lowest BCUT2D eigenvalue weighted by molar-refractivity contribution is -0.308. The van der Waals surface area contributed by atoms with E-state index in [0.717, 1.165) is 0 Å². The zero-order valence-electron chi connectivity index (χ0n) is 6.86. The van der Waals surface area contributed by atoms with Crippen LogP contribution in [0, 0.1) is 5.92 Å². The summed E-state index contributed by atoms with van der Waals surface area (Å²) < 4.78 is 72.7. The Labute approximate surface area is 88.4 Å². The Hall–Kier alpha value is -0.470. The molecule has 1 aliphatic rings. The third kappa shape index (κ3) is 2.99. The fraction of sp³-hybridized carbons (Fsp3) is 0.833. The van der Waals surface area contributed by atoms with Gasteiger partial charge in [0.15, 0.2) is 12.0 Å². The molecule has 1 rings (SSSR count). The van der Waals surface area contributed by atoms with Crippen LogP contribution in [0.2, 0.25) is 0 Å². The van der Waals surface area contributed by atoms with Crippen LogP contribution in [-0.2, 0) is 4.84 Å². The Balaban J connectivity index is 2.85. The Morgan fingerprint density at radius 3 is 1.93 bits per heavy atom. The molecular weight excluding hydrogens is 296 g/mol. The third-order valence-electron chi connectivity index (χ3n) is 1.73. The summed E-state index contributed by atoms with van der Waals surface area (Å²) in [7, 11) is 0. The molecule has 88 valence electrons. The first-order chi connectivity index (χ1) is 6.62. The van der Waals surface area contributed by atoms with E-state index in [1.54, 1.807) is 0 Å². The summed E-state index contributed by atoms with van der Waals surface area (Å²) in [5, 5.41) is 3.00. The van der Waals surface area contributed by atoms with Gasteiger partial charge in [-0.05, 0) is 15.9 Å². The van der Waals surface area contributed by atoms with Gasteiger partial charge in [0.05, 0.1) is 0 Å². The molecule has 0 saturated carbocycles. The molecule has 0 aromatic carbocycles. The summed E-state index contributed by atoms with van der Waals surface area (Å²) >= 11 is 2.67. The van der Waals surface area contributed by atoms with Crippen molar-refractivity contribution < 1.29 is 31.2 Å². The standard InChI is InChI=1S/C6H4BrF6NO/c7-3-1-2(15-14-3)4(5(8,9)10)6(11,12)13/h2,4H,1H2. The van der Waals surface area contributed by atoms with Crippen LogP contribution < -0.4 is 0 Å². The number of halogens is 7. The molecule has 0 radical (unpaired) electrons. The first-order valence-corrected chi connectivity index (χ1v) is 4.43. The quantitative estimate of drug-likeness (QED) is 0.681. The van der Waals surface area contributed by atoms with Gasteiger partial charge >= 0.3 is 12.4 Å². The molecule has 9 heteroatoms. The molecule has 1 atom stereocenters. The summed E-state index contributed by atoms with van der Waals surface area (Å²) in [5.74, 6) is -3.51. The predicted octanol–water partition coefficient (Wildman–Crippen LogP) is 3.22. The highest BCUT2D eigenvalue weighted by molar-refractivity contribution is 9.18. The molecule has 0 N–H and O–H groups in total. The molecule has 15 heavy (non-hydrogen) atoms. The van der Waals surface area contributed by atoms with E-state index in [4.69, 9.17) is 0 Å². The molecular formula is C6H4BrF6NO. The third-order valence-corrected chi connectivity index (χ3v) is 2.20. The van der Waals surface area contributed by atoms with Crippen LogP contribution in [0.5, 0.6) is 0 Å². The van der Waals surface area contributed by atoms with E-state index < -0.39 is 30.8 Å². The monoisotopic (exact) mass is 299 g/mol. The van der Waals surface area contributed by atoms with Gasteiger partial charge < -0.3 is 4.84 Å². The molecule has 0 aliphatic carbocycles. The van der Waals surface area contributed by atoms with E-state index in [1.807, 2.05) is 0 Å². The first-order valence-electron chi connectivity index (χ1n) is 3.64. The van der Waals surface area contributed by atoms with Gasteiger partial charge in [-0.15, -0.1) is 0 Å². The molecule has 1 heterocycles. The maximum atomic E-state index is 12.1. The summed E-state index contributed by atoms with van der Waals surface area (Å²) in [6.07, 6.45) is -13.4. The average molecular weight is 300 g/mol. The number of rotatable bonds is 1. The zero-order chi connectivity index (χ0) is 11.9. The lowest BCUT2D eigenvalue weighted by Crippen LogP contribution is -2.44. The molecule has 0 fully saturated rings. The van der Waals surface area contributed by atoms with Gasteiger partial charge in [-0.1, -0.05) is 5.16 Å². The van der Waals surface area contributed by atoms with Crippen LogP contribution in [-0.4, -0.2) is 23.1 Å². The van der Waals surface area contributed by atoms with Gasteiger partial charge in [0, 0.05) is 6.42 Å². The normalized spacial score (nSPS) is 22.9. The molecule has 0 amide bonds. The number of nitrogens with zero attached hydrogens (tertiary/aromatic N) is 1. The number of oxime groups is 1. The van der Waals surface area contributed by atoms with Crippen molar-refractivity contribution in [2.75, 3.05) is 0 Å². The number of hydrogen-bond donors (Lipinski definition) is 0. The molecule has 0 spiro atoms. The largest absolute Gasteiger partial charge is 0.404 e. The molecule has 0 aromatic heterocycles. The zero-order valence-corrected chi connectivity index (χ0v) is 8.45. The van der Waals surface area contributed by atoms with Gasteiger partial charge in [-0.3, -0.25) is 0 Å². The molecule has 0 saturated heterocycles. The van der Waals surface area contributed by atoms with E-state index in [9.17, 15) is 26.3 Å². The Kier molecular flexibility index (Phi) is 3.22. The second-order valence-corrected chi connectivity index (χ2v) is 3.79. The maximum Gasteiger partial charge on any atom is 0.404 e. The van der Waals surface area contributed by atoms with Gasteiger partial charge in [0.1, 0.15) is 4.62 Å². The summed E-state index contributed by atoms with van der Waals surface area (Å²) in [4.78, 5) is 4.08. The van der Waals surface area contributed by atoms with Gasteiger partial charge in [0.25, 0.3) is 0 Å². The highest BCUT2D eigenvalue weighted by atomic mass is 79.9.